The molecule has 1 atom stereocenters. The first-order valence-electron chi connectivity index (χ1n) is 14.7. The first-order chi connectivity index (χ1) is 21.4. The van der Waals surface area contributed by atoms with Crippen LogP contribution >= 0.6 is 11.6 Å². The number of carbonyl (C=O) groups excluding carboxylic acids is 2. The molecule has 0 spiro atoms. The number of hydrogen-bond donors (Lipinski definition) is 0. The number of ketones is 1. The Morgan fingerprint density at radius 2 is 1.32 bits per heavy atom. The van der Waals surface area contributed by atoms with E-state index in [-0.39, 0.29) is 0 Å². The van der Waals surface area contributed by atoms with Gasteiger partial charge in [0.2, 0.25) is 5.78 Å². The molecule has 6 heteroatoms. The van der Waals surface area contributed by atoms with Gasteiger partial charge in [-0.25, -0.2) is 4.98 Å². The van der Waals surface area contributed by atoms with E-state index < -0.39 is 22.8 Å². The van der Waals surface area contributed by atoms with Crippen LogP contribution in [-0.4, -0.2) is 40.2 Å². The lowest BCUT2D eigenvalue weighted by molar-refractivity contribution is -0.131. The van der Waals surface area contributed by atoms with Crippen molar-refractivity contribution in [2.45, 2.75) is 37.4 Å². The highest BCUT2D eigenvalue weighted by Crippen LogP contribution is 2.46. The molecule has 4 aromatic carbocycles. The minimum atomic E-state index is -0.648. The second-order valence-electron chi connectivity index (χ2n) is 11.8. The Morgan fingerprint density at radius 1 is 0.818 bits per heavy atom. The maximum absolute atomic E-state index is 13.2. The van der Waals surface area contributed by atoms with Gasteiger partial charge in [0.1, 0.15) is 11.2 Å². The van der Waals surface area contributed by atoms with E-state index >= 15 is 0 Å². The molecule has 0 radical (unpaired) electrons. The van der Waals surface area contributed by atoms with Crippen molar-refractivity contribution in [2.24, 2.45) is 0 Å². The maximum atomic E-state index is 13.2. The Bertz CT molecular complexity index is 1650. The number of rotatable bonds is 9. The monoisotopic (exact) mass is 599 g/mol. The minimum absolute atomic E-state index is 0.422. The van der Waals surface area contributed by atoms with Crippen molar-refractivity contribution >= 4 is 29.4 Å². The predicted molar refractivity (Wildman–Crippen MR) is 176 cm³/mol. The Morgan fingerprint density at radius 3 is 1.80 bits per heavy atom. The van der Waals surface area contributed by atoms with E-state index in [9.17, 15) is 9.59 Å². The maximum Gasteiger partial charge on any atom is 0.219 e. The summed E-state index contributed by atoms with van der Waals surface area (Å²) in [6.07, 6.45) is 2.13. The third kappa shape index (κ3) is 5.23. The van der Waals surface area contributed by atoms with Gasteiger partial charge in [-0.1, -0.05) is 115 Å². The zero-order chi connectivity index (χ0) is 30.7. The lowest BCUT2D eigenvalue weighted by atomic mass is 9.65. The van der Waals surface area contributed by atoms with Crippen LogP contribution in [0, 0.1) is 0 Å². The number of aromatic nitrogens is 1. The molecular weight excluding hydrogens is 566 g/mol. The number of Topliss-reactive ketones (excluding diaryl/α,β-unsaturated/α-hetero) is 1. The predicted octanol–water partition coefficient (Wildman–Crippen LogP) is 7.31. The fourth-order valence-electron chi connectivity index (χ4n) is 6.78. The van der Waals surface area contributed by atoms with E-state index in [0.29, 0.717) is 24.7 Å². The number of nitrogens with zero attached hydrogens (tertiary/aromatic N) is 3. The molecule has 2 heterocycles. The number of benzene rings is 4. The average molecular weight is 600 g/mol. The highest BCUT2D eigenvalue weighted by Gasteiger charge is 2.50. The molecule has 1 saturated heterocycles. The summed E-state index contributed by atoms with van der Waals surface area (Å²) in [5.41, 5.74) is 5.25. The summed E-state index contributed by atoms with van der Waals surface area (Å²) >= 11 is 6.17. The van der Waals surface area contributed by atoms with E-state index in [1.807, 2.05) is 49.1 Å². The van der Waals surface area contributed by atoms with Gasteiger partial charge in [-0.05, 0) is 65.9 Å². The van der Waals surface area contributed by atoms with Crippen molar-refractivity contribution in [3.63, 3.8) is 0 Å². The van der Waals surface area contributed by atoms with Crippen molar-refractivity contribution in [1.82, 2.24) is 9.88 Å². The minimum Gasteiger partial charge on any atom is -0.346 e. The van der Waals surface area contributed by atoms with Crippen molar-refractivity contribution in [3.8, 4) is 0 Å². The molecule has 0 aliphatic carbocycles. The Labute approximate surface area is 263 Å². The molecule has 1 aliphatic heterocycles. The van der Waals surface area contributed by atoms with Gasteiger partial charge in [-0.2, -0.15) is 0 Å². The van der Waals surface area contributed by atoms with Crippen LogP contribution in [0.4, 0.5) is 5.69 Å². The average Bonchev–Trinajstić information content (AvgIpc) is 3.32. The molecule has 6 rings (SSSR count). The number of aldehydes is 1. The highest BCUT2D eigenvalue weighted by atomic mass is 35.5. The molecule has 44 heavy (non-hydrogen) atoms. The van der Waals surface area contributed by atoms with Crippen LogP contribution in [0.15, 0.2) is 134 Å². The summed E-state index contributed by atoms with van der Waals surface area (Å²) in [6.45, 7) is 5.06. The number of carbonyl (C=O) groups is 2. The molecule has 0 saturated carbocycles. The van der Waals surface area contributed by atoms with E-state index in [1.165, 1.54) is 0 Å². The molecule has 0 N–H and O–H groups in total. The van der Waals surface area contributed by atoms with Gasteiger partial charge in [-0.3, -0.25) is 14.5 Å². The third-order valence-corrected chi connectivity index (χ3v) is 9.13. The summed E-state index contributed by atoms with van der Waals surface area (Å²) in [4.78, 5) is 33.4. The largest absolute Gasteiger partial charge is 0.346 e. The highest BCUT2D eigenvalue weighted by molar-refractivity contribution is 6.29. The van der Waals surface area contributed by atoms with Crippen LogP contribution < -0.4 is 4.90 Å². The smallest absolute Gasteiger partial charge is 0.219 e. The SMILES string of the molecule is CC1(C)C(C(=O)C=O)N(c2ccc(C(c3ccccc3)(c3ccccc3)c3ccccc3)cc2)CN1Cc1ccnc(Cl)c1. The topological polar surface area (TPSA) is 53.5 Å². The molecule has 1 aliphatic rings. The van der Waals surface area contributed by atoms with Gasteiger partial charge < -0.3 is 4.90 Å². The van der Waals surface area contributed by atoms with Gasteiger partial charge in [0.15, 0.2) is 6.29 Å². The zero-order valence-corrected chi connectivity index (χ0v) is 25.6. The van der Waals surface area contributed by atoms with E-state index in [0.717, 1.165) is 33.5 Å². The summed E-state index contributed by atoms with van der Waals surface area (Å²) in [5, 5.41) is 0.422. The summed E-state index contributed by atoms with van der Waals surface area (Å²) in [6, 6.07) is 43.3. The van der Waals surface area contributed by atoms with Crippen LogP contribution in [0.3, 0.4) is 0 Å². The number of anilines is 1. The van der Waals surface area contributed by atoms with Crippen molar-refractivity contribution in [3.05, 3.63) is 167 Å². The molecule has 1 aromatic heterocycles. The first-order valence-corrected chi connectivity index (χ1v) is 15.1. The Kier molecular flexibility index (Phi) is 8.17. The number of pyridine rings is 1. The van der Waals surface area contributed by atoms with E-state index in [4.69, 9.17) is 11.6 Å². The van der Waals surface area contributed by atoms with Gasteiger partial charge in [-0.15, -0.1) is 0 Å². The third-order valence-electron chi connectivity index (χ3n) is 8.92. The molecule has 220 valence electrons. The standard InChI is InChI=1S/C38H34ClN3O2/c1-37(2)36(34(44)26-43)42(27-41(37)25-28-22-23-40-35(39)24-28)33-20-18-32(19-21-33)38(29-12-6-3-7-13-29,30-14-8-4-9-15-30)31-16-10-5-11-17-31/h3-24,26,36H,25,27H2,1-2H3. The Balaban J connectivity index is 1.45. The molecule has 5 nitrogen and oxygen atoms in total. The lowest BCUT2D eigenvalue weighted by Gasteiger charge is -2.37. The van der Waals surface area contributed by atoms with Crippen molar-refractivity contribution in [1.29, 1.82) is 0 Å². The van der Waals surface area contributed by atoms with Crippen molar-refractivity contribution < 1.29 is 9.59 Å². The molecule has 0 amide bonds. The second-order valence-corrected chi connectivity index (χ2v) is 12.2. The van der Waals surface area contributed by atoms with Gasteiger partial charge in [0, 0.05) is 24.0 Å². The summed E-state index contributed by atoms with van der Waals surface area (Å²) in [7, 11) is 0. The molecule has 1 unspecified atom stereocenters. The lowest BCUT2D eigenvalue weighted by Crippen LogP contribution is -2.51. The van der Waals surface area contributed by atoms with Crippen LogP contribution in [0.1, 0.15) is 41.7 Å². The number of halogens is 1. The van der Waals surface area contributed by atoms with Crippen LogP contribution in [0.2, 0.25) is 5.15 Å². The molecule has 1 fully saturated rings. The van der Waals surface area contributed by atoms with Crippen LogP contribution in [-0.2, 0) is 21.5 Å². The molecular formula is C38H34ClN3O2. The first kappa shape index (κ1) is 29.5. The molecule has 0 bridgehead atoms. The van der Waals surface area contributed by atoms with Gasteiger partial charge in [0.25, 0.3) is 0 Å². The quantitative estimate of drug-likeness (QED) is 0.0769. The number of hydrogen-bond acceptors (Lipinski definition) is 5. The summed E-state index contributed by atoms with van der Waals surface area (Å²) in [5.74, 6) is -0.443. The van der Waals surface area contributed by atoms with Crippen LogP contribution in [0.5, 0.6) is 0 Å². The fraction of sp³-hybridized carbons (Fsp3) is 0.184. The molecule has 5 aromatic rings. The second kappa shape index (κ2) is 12.2. The van der Waals surface area contributed by atoms with E-state index in [2.05, 4.69) is 107 Å². The van der Waals surface area contributed by atoms with Gasteiger partial charge in [0.05, 0.1) is 12.1 Å². The van der Waals surface area contributed by atoms with Gasteiger partial charge >= 0.3 is 0 Å². The fourth-order valence-corrected chi connectivity index (χ4v) is 6.98. The zero-order valence-electron chi connectivity index (χ0n) is 24.8. The van der Waals surface area contributed by atoms with Crippen molar-refractivity contribution in [2.75, 3.05) is 11.6 Å². The van der Waals surface area contributed by atoms with Crippen LogP contribution in [0.25, 0.3) is 0 Å². The normalized spacial score (nSPS) is 16.5. The summed E-state index contributed by atoms with van der Waals surface area (Å²) < 4.78 is 0. The Hall–Kier alpha value is -4.58. The van der Waals surface area contributed by atoms with E-state index in [1.54, 1.807) is 6.20 Å².